The second kappa shape index (κ2) is 6.23. The summed E-state index contributed by atoms with van der Waals surface area (Å²) in [6, 6.07) is 5.77. The highest BCUT2D eigenvalue weighted by molar-refractivity contribution is 6.30. The maximum atomic E-state index is 13.5. The molecule has 0 heterocycles. The fourth-order valence-corrected chi connectivity index (χ4v) is 3.43. The molecule has 1 aromatic carbocycles. The van der Waals surface area contributed by atoms with Crippen molar-refractivity contribution in [3.63, 3.8) is 0 Å². The number of hydrogen-bond donors (Lipinski definition) is 1. The summed E-state index contributed by atoms with van der Waals surface area (Å²) in [5, 5.41) is 3.82. The second-order valence-corrected chi connectivity index (χ2v) is 6.58. The lowest BCUT2D eigenvalue weighted by Gasteiger charge is -2.34. The van der Waals surface area contributed by atoms with Crippen molar-refractivity contribution in [3.05, 3.63) is 34.6 Å². The van der Waals surface area contributed by atoms with Gasteiger partial charge >= 0.3 is 0 Å². The first-order chi connectivity index (χ1) is 8.95. The quantitative estimate of drug-likeness (QED) is 0.827. The molecular weight excluding hydrogens is 261 g/mol. The molecule has 1 aliphatic carbocycles. The summed E-state index contributed by atoms with van der Waals surface area (Å²) in [6.07, 6.45) is 3.75. The van der Waals surface area contributed by atoms with Crippen LogP contribution < -0.4 is 5.32 Å². The van der Waals surface area contributed by atoms with Crippen molar-refractivity contribution < 1.29 is 4.39 Å². The normalized spacial score (nSPS) is 29.2. The molecule has 0 saturated heterocycles. The van der Waals surface area contributed by atoms with Crippen molar-refractivity contribution in [2.45, 2.75) is 52.1 Å². The van der Waals surface area contributed by atoms with Crippen molar-refractivity contribution >= 4 is 11.6 Å². The SMILES string of the molecule is CC1CC(C)CC(NC(C)c2ccc(Cl)c(F)c2)C1. The van der Waals surface area contributed by atoms with Gasteiger partial charge in [0.15, 0.2) is 0 Å². The van der Waals surface area contributed by atoms with Crippen LogP contribution in [0.25, 0.3) is 0 Å². The van der Waals surface area contributed by atoms with Crippen LogP contribution in [0.5, 0.6) is 0 Å². The number of halogens is 2. The van der Waals surface area contributed by atoms with Gasteiger partial charge < -0.3 is 5.32 Å². The molecule has 3 unspecified atom stereocenters. The van der Waals surface area contributed by atoms with Crippen LogP contribution in [-0.4, -0.2) is 6.04 Å². The van der Waals surface area contributed by atoms with E-state index in [0.29, 0.717) is 6.04 Å². The van der Waals surface area contributed by atoms with E-state index in [-0.39, 0.29) is 16.9 Å². The summed E-state index contributed by atoms with van der Waals surface area (Å²) in [4.78, 5) is 0. The molecule has 2 rings (SSSR count). The lowest BCUT2D eigenvalue weighted by Crippen LogP contribution is -2.37. The molecule has 1 nitrogen and oxygen atoms in total. The predicted octanol–water partition coefficient (Wildman–Crippen LogP) is 4.95. The number of benzene rings is 1. The first kappa shape index (κ1) is 14.8. The van der Waals surface area contributed by atoms with Crippen LogP contribution in [0.3, 0.4) is 0 Å². The molecular formula is C16H23ClFN. The minimum Gasteiger partial charge on any atom is -0.307 e. The van der Waals surface area contributed by atoms with Crippen LogP contribution in [0.4, 0.5) is 4.39 Å². The Morgan fingerprint density at radius 1 is 1.21 bits per heavy atom. The van der Waals surface area contributed by atoms with E-state index in [0.717, 1.165) is 17.4 Å². The number of hydrogen-bond acceptors (Lipinski definition) is 1. The molecule has 0 amide bonds. The molecule has 0 radical (unpaired) electrons. The molecule has 106 valence electrons. The van der Waals surface area contributed by atoms with Crippen LogP contribution in [0.15, 0.2) is 18.2 Å². The first-order valence-corrected chi connectivity index (χ1v) is 7.54. The lowest BCUT2D eigenvalue weighted by molar-refractivity contribution is 0.228. The van der Waals surface area contributed by atoms with E-state index in [2.05, 4.69) is 26.1 Å². The van der Waals surface area contributed by atoms with Crippen LogP contribution in [-0.2, 0) is 0 Å². The molecule has 3 atom stereocenters. The fraction of sp³-hybridized carbons (Fsp3) is 0.625. The fourth-order valence-electron chi connectivity index (χ4n) is 3.31. The zero-order chi connectivity index (χ0) is 14.0. The highest BCUT2D eigenvalue weighted by Crippen LogP contribution is 2.30. The molecule has 0 spiro atoms. The van der Waals surface area contributed by atoms with Gasteiger partial charge in [0.05, 0.1) is 5.02 Å². The summed E-state index contributed by atoms with van der Waals surface area (Å²) in [6.45, 7) is 6.72. The standard InChI is InChI=1S/C16H23ClFN/c1-10-6-11(2)8-14(7-10)19-12(3)13-4-5-15(17)16(18)9-13/h4-5,9-12,14,19H,6-8H2,1-3H3. The monoisotopic (exact) mass is 283 g/mol. The van der Waals surface area contributed by atoms with Gasteiger partial charge in [0, 0.05) is 12.1 Å². The van der Waals surface area contributed by atoms with Crippen molar-refractivity contribution in [1.82, 2.24) is 5.32 Å². The maximum Gasteiger partial charge on any atom is 0.142 e. The Morgan fingerprint density at radius 3 is 2.42 bits per heavy atom. The van der Waals surface area contributed by atoms with Crippen LogP contribution in [0, 0.1) is 17.7 Å². The molecule has 1 aromatic rings. The number of rotatable bonds is 3. The van der Waals surface area contributed by atoms with E-state index in [4.69, 9.17) is 11.6 Å². The topological polar surface area (TPSA) is 12.0 Å². The van der Waals surface area contributed by atoms with Crippen LogP contribution >= 0.6 is 11.6 Å². The van der Waals surface area contributed by atoms with E-state index in [1.54, 1.807) is 6.07 Å². The predicted molar refractivity (Wildman–Crippen MR) is 78.9 cm³/mol. The van der Waals surface area contributed by atoms with Gasteiger partial charge in [-0.2, -0.15) is 0 Å². The third-order valence-electron chi connectivity index (χ3n) is 4.11. The Balaban J connectivity index is 2.00. The van der Waals surface area contributed by atoms with Crippen molar-refractivity contribution in [2.24, 2.45) is 11.8 Å². The molecule has 0 aromatic heterocycles. The Labute approximate surface area is 120 Å². The second-order valence-electron chi connectivity index (χ2n) is 6.18. The van der Waals surface area contributed by atoms with Crippen molar-refractivity contribution in [2.75, 3.05) is 0 Å². The summed E-state index contributed by atoms with van der Waals surface area (Å²) < 4.78 is 13.5. The highest BCUT2D eigenvalue weighted by Gasteiger charge is 2.25. The van der Waals surface area contributed by atoms with Gasteiger partial charge in [0.1, 0.15) is 5.82 Å². The van der Waals surface area contributed by atoms with Gasteiger partial charge in [-0.3, -0.25) is 0 Å². The summed E-state index contributed by atoms with van der Waals surface area (Å²) in [5.41, 5.74) is 0.966. The molecule has 0 aliphatic heterocycles. The molecule has 3 heteroatoms. The van der Waals surface area contributed by atoms with E-state index < -0.39 is 0 Å². The Hall–Kier alpha value is -0.600. The van der Waals surface area contributed by atoms with Gasteiger partial charge in [-0.25, -0.2) is 4.39 Å². The van der Waals surface area contributed by atoms with Crippen molar-refractivity contribution in [3.8, 4) is 0 Å². The average Bonchev–Trinajstić information content (AvgIpc) is 2.31. The molecule has 1 fully saturated rings. The molecule has 1 N–H and O–H groups in total. The molecule has 0 bridgehead atoms. The molecule has 19 heavy (non-hydrogen) atoms. The van der Waals surface area contributed by atoms with Gasteiger partial charge in [-0.15, -0.1) is 0 Å². The van der Waals surface area contributed by atoms with E-state index in [9.17, 15) is 4.39 Å². The van der Waals surface area contributed by atoms with Gasteiger partial charge in [-0.05, 0) is 55.7 Å². The number of nitrogens with one attached hydrogen (secondary N) is 1. The van der Waals surface area contributed by atoms with E-state index in [1.165, 1.54) is 25.3 Å². The lowest BCUT2D eigenvalue weighted by atomic mass is 9.80. The third-order valence-corrected chi connectivity index (χ3v) is 4.41. The zero-order valence-corrected chi connectivity index (χ0v) is 12.7. The average molecular weight is 284 g/mol. The zero-order valence-electron chi connectivity index (χ0n) is 11.9. The minimum atomic E-state index is -0.335. The maximum absolute atomic E-state index is 13.5. The smallest absolute Gasteiger partial charge is 0.142 e. The van der Waals surface area contributed by atoms with Crippen LogP contribution in [0.2, 0.25) is 5.02 Å². The van der Waals surface area contributed by atoms with Crippen molar-refractivity contribution in [1.29, 1.82) is 0 Å². The summed E-state index contributed by atoms with van der Waals surface area (Å²) >= 11 is 5.72. The van der Waals surface area contributed by atoms with E-state index >= 15 is 0 Å². The Bertz CT molecular complexity index is 425. The third kappa shape index (κ3) is 3.93. The van der Waals surface area contributed by atoms with E-state index in [1.807, 2.05) is 6.07 Å². The minimum absolute atomic E-state index is 0.161. The Morgan fingerprint density at radius 2 is 1.84 bits per heavy atom. The van der Waals surface area contributed by atoms with Gasteiger partial charge in [-0.1, -0.05) is 31.5 Å². The first-order valence-electron chi connectivity index (χ1n) is 7.16. The Kier molecular flexibility index (Phi) is 4.86. The highest BCUT2D eigenvalue weighted by atomic mass is 35.5. The molecule has 1 saturated carbocycles. The van der Waals surface area contributed by atoms with Gasteiger partial charge in [0.25, 0.3) is 0 Å². The van der Waals surface area contributed by atoms with Crippen LogP contribution in [0.1, 0.15) is 51.6 Å². The summed E-state index contributed by atoms with van der Waals surface area (Å²) in [7, 11) is 0. The molecule has 1 aliphatic rings. The van der Waals surface area contributed by atoms with Gasteiger partial charge in [0.2, 0.25) is 0 Å². The largest absolute Gasteiger partial charge is 0.307 e. The summed E-state index contributed by atoms with van der Waals surface area (Å²) in [5.74, 6) is 1.21.